The minimum atomic E-state index is -4.33. The standard InChI is InChI=1S/C17H13F4N3.ClH/c18-12-5-3-10-2-1-9-23-16(10)15(12)11-4-6-14(22)24-13(11)7-8-17(19,20)21;/h1-6,9H,7-8H2,(H2,22,24);1H. The van der Waals surface area contributed by atoms with Gasteiger partial charge in [0.1, 0.15) is 11.6 Å². The Morgan fingerprint density at radius 1 is 1.04 bits per heavy atom. The topological polar surface area (TPSA) is 51.8 Å². The molecule has 0 amide bonds. The van der Waals surface area contributed by atoms with Gasteiger partial charge < -0.3 is 5.73 Å². The van der Waals surface area contributed by atoms with Gasteiger partial charge in [0.05, 0.1) is 11.2 Å². The molecular formula is C17H14ClF4N3. The van der Waals surface area contributed by atoms with Gasteiger partial charge in [-0.25, -0.2) is 9.37 Å². The zero-order valence-electron chi connectivity index (χ0n) is 12.8. The molecule has 0 aliphatic heterocycles. The van der Waals surface area contributed by atoms with Crippen LogP contribution in [0.25, 0.3) is 22.0 Å². The molecule has 2 N–H and O–H groups in total. The highest BCUT2D eigenvalue weighted by Gasteiger charge is 2.28. The Balaban J connectivity index is 0.00000225. The number of aromatic nitrogens is 2. The summed E-state index contributed by atoms with van der Waals surface area (Å²) in [4.78, 5) is 8.15. The Labute approximate surface area is 147 Å². The van der Waals surface area contributed by atoms with E-state index < -0.39 is 18.4 Å². The Morgan fingerprint density at radius 3 is 2.52 bits per heavy atom. The van der Waals surface area contributed by atoms with Crippen LogP contribution in [0.5, 0.6) is 0 Å². The van der Waals surface area contributed by atoms with E-state index in [1.807, 2.05) is 0 Å². The summed E-state index contributed by atoms with van der Waals surface area (Å²) in [7, 11) is 0. The summed E-state index contributed by atoms with van der Waals surface area (Å²) in [5.41, 5.74) is 6.48. The Kier molecular flexibility index (Phi) is 5.47. The van der Waals surface area contributed by atoms with Crippen molar-refractivity contribution >= 4 is 29.1 Å². The van der Waals surface area contributed by atoms with E-state index in [-0.39, 0.29) is 41.5 Å². The van der Waals surface area contributed by atoms with Crippen molar-refractivity contribution in [3.05, 3.63) is 54.1 Å². The zero-order valence-corrected chi connectivity index (χ0v) is 13.7. The second kappa shape index (κ2) is 7.23. The molecule has 3 rings (SSSR count). The molecule has 0 bridgehead atoms. The average Bonchev–Trinajstić information content (AvgIpc) is 2.53. The van der Waals surface area contributed by atoms with Crippen LogP contribution < -0.4 is 5.73 Å². The normalized spacial score (nSPS) is 11.4. The molecule has 132 valence electrons. The molecule has 2 heterocycles. The van der Waals surface area contributed by atoms with Gasteiger partial charge in [0.15, 0.2) is 0 Å². The van der Waals surface area contributed by atoms with Gasteiger partial charge in [-0.1, -0.05) is 6.07 Å². The first-order valence-electron chi connectivity index (χ1n) is 7.21. The SMILES string of the molecule is Cl.Nc1ccc(-c2c(F)ccc3cccnc23)c(CCC(F)(F)F)n1. The van der Waals surface area contributed by atoms with Gasteiger partial charge in [-0.3, -0.25) is 4.98 Å². The number of anilines is 1. The number of nitrogen functional groups attached to an aromatic ring is 1. The molecule has 0 unspecified atom stereocenters. The van der Waals surface area contributed by atoms with E-state index in [9.17, 15) is 17.6 Å². The molecule has 0 aliphatic rings. The number of halogens is 5. The number of aryl methyl sites for hydroxylation is 1. The fourth-order valence-corrected chi connectivity index (χ4v) is 2.57. The summed E-state index contributed by atoms with van der Waals surface area (Å²) in [6.07, 6.45) is -4.27. The quantitative estimate of drug-likeness (QED) is 0.664. The Hall–Kier alpha value is -2.41. The van der Waals surface area contributed by atoms with Crippen LogP contribution in [-0.2, 0) is 6.42 Å². The number of fused-ring (bicyclic) bond motifs is 1. The lowest BCUT2D eigenvalue weighted by Gasteiger charge is -2.13. The average molecular weight is 372 g/mol. The maximum Gasteiger partial charge on any atom is 0.389 e. The first-order valence-corrected chi connectivity index (χ1v) is 7.21. The van der Waals surface area contributed by atoms with Gasteiger partial charge in [0, 0.05) is 29.1 Å². The molecular weight excluding hydrogens is 358 g/mol. The lowest BCUT2D eigenvalue weighted by molar-refractivity contribution is -0.134. The van der Waals surface area contributed by atoms with Crippen LogP contribution in [0.1, 0.15) is 12.1 Å². The predicted octanol–water partition coefficient (Wildman–Crippen LogP) is 4.93. The first-order chi connectivity index (χ1) is 11.3. The van der Waals surface area contributed by atoms with Crippen LogP contribution in [-0.4, -0.2) is 16.1 Å². The fraction of sp³-hybridized carbons (Fsp3) is 0.176. The second-order valence-electron chi connectivity index (χ2n) is 5.34. The highest BCUT2D eigenvalue weighted by molar-refractivity contribution is 5.94. The van der Waals surface area contributed by atoms with E-state index in [0.717, 1.165) is 0 Å². The lowest BCUT2D eigenvalue weighted by atomic mass is 9.98. The highest BCUT2D eigenvalue weighted by atomic mass is 35.5. The van der Waals surface area contributed by atoms with Crippen LogP contribution in [0.15, 0.2) is 42.6 Å². The minimum absolute atomic E-state index is 0. The van der Waals surface area contributed by atoms with Crippen molar-refractivity contribution in [2.75, 3.05) is 5.73 Å². The van der Waals surface area contributed by atoms with Crippen molar-refractivity contribution in [3.63, 3.8) is 0 Å². The third-order valence-electron chi connectivity index (χ3n) is 3.63. The molecule has 0 radical (unpaired) electrons. The smallest absolute Gasteiger partial charge is 0.384 e. The maximum atomic E-state index is 14.4. The van der Waals surface area contributed by atoms with Crippen LogP contribution >= 0.6 is 12.4 Å². The van der Waals surface area contributed by atoms with E-state index in [1.54, 1.807) is 18.2 Å². The van der Waals surface area contributed by atoms with Crippen molar-refractivity contribution in [2.45, 2.75) is 19.0 Å². The van der Waals surface area contributed by atoms with Gasteiger partial charge >= 0.3 is 6.18 Å². The molecule has 8 heteroatoms. The van der Waals surface area contributed by atoms with Crippen LogP contribution in [0.2, 0.25) is 0 Å². The maximum absolute atomic E-state index is 14.4. The number of rotatable bonds is 3. The highest BCUT2D eigenvalue weighted by Crippen LogP contribution is 2.34. The van der Waals surface area contributed by atoms with Crippen molar-refractivity contribution in [2.24, 2.45) is 0 Å². The van der Waals surface area contributed by atoms with Gasteiger partial charge in [-0.15, -0.1) is 12.4 Å². The number of pyridine rings is 2. The monoisotopic (exact) mass is 371 g/mol. The largest absolute Gasteiger partial charge is 0.389 e. The molecule has 3 nitrogen and oxygen atoms in total. The molecule has 0 spiro atoms. The van der Waals surface area contributed by atoms with Crippen molar-refractivity contribution in [3.8, 4) is 11.1 Å². The molecule has 0 atom stereocenters. The van der Waals surface area contributed by atoms with Crippen LogP contribution in [0.4, 0.5) is 23.4 Å². The number of hydrogen-bond donors (Lipinski definition) is 1. The van der Waals surface area contributed by atoms with Crippen LogP contribution in [0.3, 0.4) is 0 Å². The number of benzene rings is 1. The van der Waals surface area contributed by atoms with Crippen molar-refractivity contribution in [1.82, 2.24) is 9.97 Å². The molecule has 1 aromatic carbocycles. The van der Waals surface area contributed by atoms with Gasteiger partial charge in [-0.2, -0.15) is 13.2 Å². The fourth-order valence-electron chi connectivity index (χ4n) is 2.57. The van der Waals surface area contributed by atoms with Gasteiger partial charge in [0.2, 0.25) is 0 Å². The molecule has 0 saturated heterocycles. The third-order valence-corrected chi connectivity index (χ3v) is 3.63. The summed E-state index contributed by atoms with van der Waals surface area (Å²) >= 11 is 0. The van der Waals surface area contributed by atoms with Crippen molar-refractivity contribution < 1.29 is 17.6 Å². The zero-order chi connectivity index (χ0) is 17.3. The summed E-state index contributed by atoms with van der Waals surface area (Å²) in [6.45, 7) is 0. The van der Waals surface area contributed by atoms with E-state index in [1.165, 1.54) is 24.4 Å². The molecule has 0 aliphatic carbocycles. The number of alkyl halides is 3. The van der Waals surface area contributed by atoms with Gasteiger partial charge in [-0.05, 0) is 36.8 Å². The van der Waals surface area contributed by atoms with E-state index in [4.69, 9.17) is 5.73 Å². The number of nitrogens with two attached hydrogens (primary N) is 1. The summed E-state index contributed by atoms with van der Waals surface area (Å²) in [6, 6.07) is 9.22. The van der Waals surface area contributed by atoms with Crippen LogP contribution in [0, 0.1) is 5.82 Å². The molecule has 3 aromatic rings. The predicted molar refractivity (Wildman–Crippen MR) is 91.0 cm³/mol. The molecule has 2 aromatic heterocycles. The Morgan fingerprint density at radius 2 is 1.80 bits per heavy atom. The molecule has 0 fully saturated rings. The summed E-state index contributed by atoms with van der Waals surface area (Å²) in [5, 5.41) is 0.687. The van der Waals surface area contributed by atoms with Crippen molar-refractivity contribution in [1.29, 1.82) is 0 Å². The van der Waals surface area contributed by atoms with E-state index in [0.29, 0.717) is 10.9 Å². The third kappa shape index (κ3) is 4.17. The van der Waals surface area contributed by atoms with Gasteiger partial charge in [0.25, 0.3) is 0 Å². The number of hydrogen-bond acceptors (Lipinski definition) is 3. The minimum Gasteiger partial charge on any atom is -0.384 e. The van der Waals surface area contributed by atoms with E-state index in [2.05, 4.69) is 9.97 Å². The summed E-state index contributed by atoms with van der Waals surface area (Å²) in [5.74, 6) is -0.481. The lowest BCUT2D eigenvalue weighted by Crippen LogP contribution is -2.10. The molecule has 25 heavy (non-hydrogen) atoms. The Bertz CT molecular complexity index is 897. The second-order valence-corrected chi connectivity index (χ2v) is 5.34. The number of nitrogens with zero attached hydrogens (tertiary/aromatic N) is 2. The van der Waals surface area contributed by atoms with E-state index >= 15 is 0 Å². The first kappa shape index (κ1) is 18.9. The summed E-state index contributed by atoms with van der Waals surface area (Å²) < 4.78 is 52.1. The molecule has 0 saturated carbocycles.